The molecule has 2 aromatic rings. The Morgan fingerprint density at radius 1 is 1.32 bits per heavy atom. The van der Waals surface area contributed by atoms with Crippen LogP contribution >= 0.6 is 0 Å². The first-order valence-corrected chi connectivity index (χ1v) is 6.69. The van der Waals surface area contributed by atoms with E-state index in [0.717, 1.165) is 54.8 Å². The van der Waals surface area contributed by atoms with Crippen molar-refractivity contribution in [1.29, 1.82) is 0 Å². The monoisotopic (exact) mass is 258 g/mol. The zero-order chi connectivity index (χ0) is 13.2. The maximum Gasteiger partial charge on any atom is 0.336 e. The molecule has 0 spiro atoms. The van der Waals surface area contributed by atoms with Crippen molar-refractivity contribution >= 4 is 11.0 Å². The maximum absolute atomic E-state index is 11.7. The Kier molecular flexibility index (Phi) is 3.36. The molecule has 0 bridgehead atoms. The fourth-order valence-electron chi connectivity index (χ4n) is 2.63. The molecule has 1 N–H and O–H groups in total. The van der Waals surface area contributed by atoms with E-state index in [1.54, 1.807) is 6.07 Å². The molecule has 1 aromatic heterocycles. The first kappa shape index (κ1) is 12.4. The van der Waals surface area contributed by atoms with Crippen LogP contribution in [0.5, 0.6) is 0 Å². The summed E-state index contributed by atoms with van der Waals surface area (Å²) >= 11 is 0. The lowest BCUT2D eigenvalue weighted by molar-refractivity contribution is 0.233. The molecule has 1 aromatic carbocycles. The van der Waals surface area contributed by atoms with Crippen molar-refractivity contribution in [3.8, 4) is 0 Å². The summed E-state index contributed by atoms with van der Waals surface area (Å²) in [4.78, 5) is 14.1. The lowest BCUT2D eigenvalue weighted by Gasteiger charge is -2.27. The van der Waals surface area contributed by atoms with Gasteiger partial charge in [-0.15, -0.1) is 0 Å². The number of fused-ring (bicyclic) bond motifs is 1. The van der Waals surface area contributed by atoms with Crippen LogP contribution in [0.1, 0.15) is 11.1 Å². The minimum Gasteiger partial charge on any atom is -0.422 e. The quantitative estimate of drug-likeness (QED) is 0.829. The molecular weight excluding hydrogens is 240 g/mol. The highest BCUT2D eigenvalue weighted by Crippen LogP contribution is 2.21. The van der Waals surface area contributed by atoms with Crippen LogP contribution < -0.4 is 10.9 Å². The van der Waals surface area contributed by atoms with Crippen LogP contribution in [0.3, 0.4) is 0 Å². The number of rotatable bonds is 2. The molecule has 1 fully saturated rings. The Morgan fingerprint density at radius 3 is 2.89 bits per heavy atom. The van der Waals surface area contributed by atoms with Crippen LogP contribution in [-0.2, 0) is 6.54 Å². The normalized spacial score (nSPS) is 16.9. The van der Waals surface area contributed by atoms with Crippen LogP contribution in [0.25, 0.3) is 11.0 Å². The topological polar surface area (TPSA) is 45.5 Å². The summed E-state index contributed by atoms with van der Waals surface area (Å²) in [6, 6.07) is 7.64. The van der Waals surface area contributed by atoms with Gasteiger partial charge in [0, 0.05) is 44.2 Å². The number of hydrogen-bond acceptors (Lipinski definition) is 4. The van der Waals surface area contributed by atoms with E-state index < -0.39 is 0 Å². The van der Waals surface area contributed by atoms with Crippen LogP contribution in [-0.4, -0.2) is 31.1 Å². The van der Waals surface area contributed by atoms with E-state index in [1.165, 1.54) is 0 Å². The Hall–Kier alpha value is -1.65. The van der Waals surface area contributed by atoms with Gasteiger partial charge in [-0.3, -0.25) is 4.90 Å². The molecule has 100 valence electrons. The molecule has 1 saturated heterocycles. The molecule has 0 amide bonds. The van der Waals surface area contributed by atoms with E-state index >= 15 is 0 Å². The van der Waals surface area contributed by atoms with Crippen molar-refractivity contribution in [2.75, 3.05) is 26.2 Å². The smallest absolute Gasteiger partial charge is 0.336 e. The maximum atomic E-state index is 11.7. The van der Waals surface area contributed by atoms with E-state index in [1.807, 2.05) is 25.1 Å². The van der Waals surface area contributed by atoms with Crippen molar-refractivity contribution < 1.29 is 4.42 Å². The molecule has 4 nitrogen and oxygen atoms in total. The molecule has 2 heterocycles. The second kappa shape index (κ2) is 5.15. The van der Waals surface area contributed by atoms with E-state index in [4.69, 9.17) is 4.42 Å². The van der Waals surface area contributed by atoms with Gasteiger partial charge < -0.3 is 9.73 Å². The fraction of sp³-hybridized carbons (Fsp3) is 0.400. The SMILES string of the molecule is Cc1cccc2c(CN3CCNCC3)cc(=O)oc12. The number of piperazine rings is 1. The average Bonchev–Trinajstić information content (AvgIpc) is 2.41. The first-order chi connectivity index (χ1) is 9.24. The zero-order valence-electron chi connectivity index (χ0n) is 11.1. The van der Waals surface area contributed by atoms with Gasteiger partial charge in [0.15, 0.2) is 0 Å². The van der Waals surface area contributed by atoms with Crippen molar-refractivity contribution in [2.24, 2.45) is 0 Å². The first-order valence-electron chi connectivity index (χ1n) is 6.69. The minimum absolute atomic E-state index is 0.257. The summed E-state index contributed by atoms with van der Waals surface area (Å²) in [7, 11) is 0. The molecule has 19 heavy (non-hydrogen) atoms. The van der Waals surface area contributed by atoms with Crippen LogP contribution in [0.4, 0.5) is 0 Å². The van der Waals surface area contributed by atoms with E-state index in [2.05, 4.69) is 10.2 Å². The van der Waals surface area contributed by atoms with E-state index in [-0.39, 0.29) is 5.63 Å². The second-order valence-corrected chi connectivity index (χ2v) is 5.07. The number of hydrogen-bond donors (Lipinski definition) is 1. The molecule has 3 rings (SSSR count). The van der Waals surface area contributed by atoms with Crippen molar-refractivity contribution in [1.82, 2.24) is 10.2 Å². The molecule has 0 atom stereocenters. The summed E-state index contributed by atoms with van der Waals surface area (Å²) in [6.45, 7) is 6.85. The summed E-state index contributed by atoms with van der Waals surface area (Å²) < 4.78 is 5.34. The van der Waals surface area contributed by atoms with E-state index in [0.29, 0.717) is 0 Å². The number of benzene rings is 1. The van der Waals surface area contributed by atoms with Gasteiger partial charge in [0.25, 0.3) is 0 Å². The molecule has 0 saturated carbocycles. The van der Waals surface area contributed by atoms with Gasteiger partial charge in [-0.05, 0) is 18.1 Å². The summed E-state index contributed by atoms with van der Waals surface area (Å²) in [6.07, 6.45) is 0. The molecular formula is C15H18N2O2. The Balaban J connectivity index is 2.02. The van der Waals surface area contributed by atoms with Gasteiger partial charge in [0.1, 0.15) is 5.58 Å². The third kappa shape index (κ3) is 2.55. The van der Waals surface area contributed by atoms with Crippen LogP contribution in [0.2, 0.25) is 0 Å². The number of para-hydroxylation sites is 1. The van der Waals surface area contributed by atoms with Crippen LogP contribution in [0.15, 0.2) is 33.5 Å². The molecule has 1 aliphatic heterocycles. The van der Waals surface area contributed by atoms with Crippen molar-refractivity contribution in [3.63, 3.8) is 0 Å². The summed E-state index contributed by atoms with van der Waals surface area (Å²) in [5.74, 6) is 0. The van der Waals surface area contributed by atoms with Gasteiger partial charge in [-0.2, -0.15) is 0 Å². The molecule has 0 aliphatic carbocycles. The molecule has 4 heteroatoms. The van der Waals surface area contributed by atoms with Crippen LogP contribution in [0, 0.1) is 6.92 Å². The number of aryl methyl sites for hydroxylation is 1. The van der Waals surface area contributed by atoms with Crippen molar-refractivity contribution in [2.45, 2.75) is 13.5 Å². The average molecular weight is 258 g/mol. The third-order valence-electron chi connectivity index (χ3n) is 3.66. The lowest BCUT2D eigenvalue weighted by Crippen LogP contribution is -2.43. The standard InChI is InChI=1S/C15H18N2O2/c1-11-3-2-4-13-12(9-14(18)19-15(11)13)10-17-7-5-16-6-8-17/h2-4,9,16H,5-8,10H2,1H3. The zero-order valence-corrected chi connectivity index (χ0v) is 11.1. The highest BCUT2D eigenvalue weighted by Gasteiger charge is 2.13. The predicted molar refractivity (Wildman–Crippen MR) is 75.4 cm³/mol. The molecule has 1 aliphatic rings. The Bertz CT molecular complexity index is 642. The number of nitrogens with zero attached hydrogens (tertiary/aromatic N) is 1. The van der Waals surface area contributed by atoms with Gasteiger partial charge in [0.2, 0.25) is 0 Å². The number of nitrogens with one attached hydrogen (secondary N) is 1. The van der Waals surface area contributed by atoms with Gasteiger partial charge in [0.05, 0.1) is 0 Å². The highest BCUT2D eigenvalue weighted by atomic mass is 16.4. The third-order valence-corrected chi connectivity index (χ3v) is 3.66. The largest absolute Gasteiger partial charge is 0.422 e. The predicted octanol–water partition coefficient (Wildman–Crippen LogP) is 1.51. The lowest BCUT2D eigenvalue weighted by atomic mass is 10.1. The highest BCUT2D eigenvalue weighted by molar-refractivity contribution is 5.82. The van der Waals surface area contributed by atoms with E-state index in [9.17, 15) is 4.79 Å². The summed E-state index contributed by atoms with van der Waals surface area (Å²) in [5.41, 5.74) is 2.54. The minimum atomic E-state index is -0.257. The Morgan fingerprint density at radius 2 is 2.11 bits per heavy atom. The van der Waals surface area contributed by atoms with Gasteiger partial charge in [-0.25, -0.2) is 4.79 Å². The second-order valence-electron chi connectivity index (χ2n) is 5.07. The summed E-state index contributed by atoms with van der Waals surface area (Å²) in [5, 5.41) is 4.39. The molecule has 0 unspecified atom stereocenters. The molecule has 0 radical (unpaired) electrons. The van der Waals surface area contributed by atoms with Gasteiger partial charge in [-0.1, -0.05) is 18.2 Å². The van der Waals surface area contributed by atoms with Crippen molar-refractivity contribution in [3.05, 3.63) is 45.8 Å². The fourth-order valence-corrected chi connectivity index (χ4v) is 2.63. The van der Waals surface area contributed by atoms with Gasteiger partial charge >= 0.3 is 5.63 Å². The Labute approximate surface area is 112 Å².